The van der Waals surface area contributed by atoms with Gasteiger partial charge >= 0.3 is 11.9 Å². The Morgan fingerprint density at radius 1 is 0.650 bits per heavy atom. The summed E-state index contributed by atoms with van der Waals surface area (Å²) in [7, 11) is 0. The maximum atomic E-state index is 11.6. The Kier molecular flexibility index (Phi) is 5.45. The summed E-state index contributed by atoms with van der Waals surface area (Å²) in [6.07, 6.45) is 3.44. The number of carbonyl (C=O) groups is 4. The molecular weight excluding hydrogens is 268 g/mol. The van der Waals surface area contributed by atoms with Gasteiger partial charge in [0.15, 0.2) is 0 Å². The fraction of sp³-hybridized carbons (Fsp3) is 0.333. The second kappa shape index (κ2) is 7.07. The van der Waals surface area contributed by atoms with Gasteiger partial charge in [-0.25, -0.2) is 9.59 Å². The Morgan fingerprint density at radius 3 is 1.20 bits per heavy atom. The Bertz CT molecular complexity index is 430. The molecule has 1 saturated heterocycles. The van der Waals surface area contributed by atoms with Crippen LogP contribution in [-0.4, -0.2) is 69.9 Å². The molecule has 20 heavy (non-hydrogen) atoms. The van der Waals surface area contributed by atoms with Crippen LogP contribution >= 0.6 is 0 Å². The third-order valence-corrected chi connectivity index (χ3v) is 2.64. The maximum absolute atomic E-state index is 11.6. The van der Waals surface area contributed by atoms with Gasteiger partial charge in [-0.3, -0.25) is 9.59 Å². The lowest BCUT2D eigenvalue weighted by atomic mass is 10.3. The first-order valence-electron chi connectivity index (χ1n) is 5.80. The molecule has 0 atom stereocenters. The minimum absolute atomic E-state index is 0.273. The van der Waals surface area contributed by atoms with Crippen molar-refractivity contribution >= 4 is 23.8 Å². The van der Waals surface area contributed by atoms with Gasteiger partial charge in [0.05, 0.1) is 0 Å². The van der Waals surface area contributed by atoms with E-state index in [9.17, 15) is 19.2 Å². The summed E-state index contributed by atoms with van der Waals surface area (Å²) in [6.45, 7) is 1.09. The molecule has 0 aromatic heterocycles. The first-order chi connectivity index (χ1) is 9.40. The summed E-state index contributed by atoms with van der Waals surface area (Å²) >= 11 is 0. The van der Waals surface area contributed by atoms with Gasteiger partial charge in [0.2, 0.25) is 11.8 Å². The summed E-state index contributed by atoms with van der Waals surface area (Å²) in [5, 5.41) is 16.8. The molecule has 1 rings (SSSR count). The molecule has 0 aromatic carbocycles. The van der Waals surface area contributed by atoms with E-state index in [0.717, 1.165) is 24.3 Å². The second-order valence-corrected chi connectivity index (χ2v) is 3.99. The molecule has 0 radical (unpaired) electrons. The van der Waals surface area contributed by atoms with Crippen molar-refractivity contribution in [1.82, 2.24) is 9.80 Å². The highest BCUT2D eigenvalue weighted by atomic mass is 16.4. The molecule has 1 fully saturated rings. The second-order valence-electron chi connectivity index (χ2n) is 3.99. The van der Waals surface area contributed by atoms with Crippen LogP contribution in [0.1, 0.15) is 0 Å². The number of carbonyl (C=O) groups excluding carboxylic acids is 2. The van der Waals surface area contributed by atoms with Crippen molar-refractivity contribution in [3.05, 3.63) is 24.3 Å². The fourth-order valence-corrected chi connectivity index (χ4v) is 1.64. The average molecular weight is 282 g/mol. The third kappa shape index (κ3) is 4.92. The van der Waals surface area contributed by atoms with Gasteiger partial charge < -0.3 is 20.0 Å². The van der Waals surface area contributed by atoms with Gasteiger partial charge in [-0.2, -0.15) is 0 Å². The van der Waals surface area contributed by atoms with E-state index in [1.807, 2.05) is 0 Å². The predicted molar refractivity (Wildman–Crippen MR) is 66.7 cm³/mol. The van der Waals surface area contributed by atoms with E-state index in [4.69, 9.17) is 10.2 Å². The minimum atomic E-state index is -1.20. The monoisotopic (exact) mass is 282 g/mol. The molecule has 0 saturated carbocycles. The van der Waals surface area contributed by atoms with Crippen LogP contribution in [-0.2, 0) is 19.2 Å². The van der Waals surface area contributed by atoms with Crippen molar-refractivity contribution in [1.29, 1.82) is 0 Å². The van der Waals surface area contributed by atoms with E-state index < -0.39 is 23.8 Å². The fourth-order valence-electron chi connectivity index (χ4n) is 1.64. The van der Waals surface area contributed by atoms with E-state index in [1.165, 1.54) is 9.80 Å². The zero-order valence-corrected chi connectivity index (χ0v) is 10.6. The zero-order valence-electron chi connectivity index (χ0n) is 10.6. The average Bonchev–Trinajstić information content (AvgIpc) is 2.42. The first-order valence-corrected chi connectivity index (χ1v) is 5.80. The molecule has 0 aromatic rings. The molecule has 0 bridgehead atoms. The molecule has 1 heterocycles. The summed E-state index contributed by atoms with van der Waals surface area (Å²) < 4.78 is 0. The summed E-state index contributed by atoms with van der Waals surface area (Å²) in [5.41, 5.74) is 0. The zero-order chi connectivity index (χ0) is 15.1. The van der Waals surface area contributed by atoms with Crippen molar-refractivity contribution < 1.29 is 29.4 Å². The highest BCUT2D eigenvalue weighted by Gasteiger charge is 2.21. The van der Waals surface area contributed by atoms with E-state index in [2.05, 4.69) is 0 Å². The van der Waals surface area contributed by atoms with Gasteiger partial charge in [0, 0.05) is 50.5 Å². The number of aliphatic carboxylic acids is 2. The lowest BCUT2D eigenvalue weighted by Crippen LogP contribution is -2.49. The van der Waals surface area contributed by atoms with Gasteiger partial charge in [-0.05, 0) is 0 Å². The molecule has 2 amide bonds. The van der Waals surface area contributed by atoms with E-state index in [0.29, 0.717) is 0 Å². The molecule has 2 N–H and O–H groups in total. The Labute approximate surface area is 114 Å². The molecule has 8 nitrogen and oxygen atoms in total. The Hall–Kier alpha value is -2.64. The SMILES string of the molecule is O=C(O)/C=C/C(=O)N1CCN(C(=O)/C=C/C(=O)O)CC1. The van der Waals surface area contributed by atoms with Crippen LogP contribution in [0, 0.1) is 0 Å². The van der Waals surface area contributed by atoms with Crippen LogP contribution in [0.25, 0.3) is 0 Å². The molecule has 8 heteroatoms. The number of hydrogen-bond donors (Lipinski definition) is 2. The van der Waals surface area contributed by atoms with E-state index >= 15 is 0 Å². The van der Waals surface area contributed by atoms with Crippen molar-refractivity contribution in [2.45, 2.75) is 0 Å². The highest BCUT2D eigenvalue weighted by molar-refractivity contribution is 5.95. The van der Waals surface area contributed by atoms with Gasteiger partial charge in [-0.1, -0.05) is 0 Å². The van der Waals surface area contributed by atoms with Crippen molar-refractivity contribution in [3.63, 3.8) is 0 Å². The molecular formula is C12H14N2O6. The van der Waals surface area contributed by atoms with E-state index in [-0.39, 0.29) is 26.2 Å². The first kappa shape index (κ1) is 15.4. The summed E-state index contributed by atoms with van der Waals surface area (Å²) in [4.78, 5) is 46.6. The number of piperazine rings is 1. The van der Waals surface area contributed by atoms with Crippen molar-refractivity contribution in [3.8, 4) is 0 Å². The van der Waals surface area contributed by atoms with Crippen molar-refractivity contribution in [2.24, 2.45) is 0 Å². The van der Waals surface area contributed by atoms with Crippen LogP contribution in [0.4, 0.5) is 0 Å². The minimum Gasteiger partial charge on any atom is -0.478 e. The number of carboxylic acids is 2. The number of amides is 2. The molecule has 0 aliphatic carbocycles. The molecule has 1 aliphatic heterocycles. The largest absolute Gasteiger partial charge is 0.478 e. The maximum Gasteiger partial charge on any atom is 0.328 e. The van der Waals surface area contributed by atoms with Crippen LogP contribution in [0.15, 0.2) is 24.3 Å². The topological polar surface area (TPSA) is 115 Å². The number of hydrogen-bond acceptors (Lipinski definition) is 4. The molecule has 1 aliphatic rings. The smallest absolute Gasteiger partial charge is 0.328 e. The Balaban J connectivity index is 2.47. The van der Waals surface area contributed by atoms with Crippen LogP contribution < -0.4 is 0 Å². The van der Waals surface area contributed by atoms with E-state index in [1.54, 1.807) is 0 Å². The normalized spacial score (nSPS) is 15.8. The van der Waals surface area contributed by atoms with Crippen LogP contribution in [0.5, 0.6) is 0 Å². The highest BCUT2D eigenvalue weighted by Crippen LogP contribution is 2.04. The lowest BCUT2D eigenvalue weighted by molar-refractivity contribution is -0.135. The lowest BCUT2D eigenvalue weighted by Gasteiger charge is -2.33. The van der Waals surface area contributed by atoms with Gasteiger partial charge in [-0.15, -0.1) is 0 Å². The quantitative estimate of drug-likeness (QED) is 0.635. The number of nitrogens with zero attached hydrogens (tertiary/aromatic N) is 2. The molecule has 0 spiro atoms. The van der Waals surface area contributed by atoms with Gasteiger partial charge in [0.1, 0.15) is 0 Å². The molecule has 0 unspecified atom stereocenters. The standard InChI is InChI=1S/C12H14N2O6/c15-9(1-3-11(17)18)13-5-7-14(8-6-13)10(16)2-4-12(19)20/h1-4H,5-8H2,(H,17,18)(H,19,20)/b3-1+,4-2+. The summed E-state index contributed by atoms with van der Waals surface area (Å²) in [6, 6.07) is 0. The third-order valence-electron chi connectivity index (χ3n) is 2.64. The Morgan fingerprint density at radius 2 is 0.950 bits per heavy atom. The molecule has 108 valence electrons. The van der Waals surface area contributed by atoms with Crippen LogP contribution in [0.2, 0.25) is 0 Å². The number of carboxylic acid groups (broad SMARTS) is 2. The number of rotatable bonds is 4. The predicted octanol–water partition coefficient (Wildman–Crippen LogP) is -1.06. The van der Waals surface area contributed by atoms with Gasteiger partial charge in [0.25, 0.3) is 0 Å². The van der Waals surface area contributed by atoms with Crippen molar-refractivity contribution in [2.75, 3.05) is 26.2 Å². The van der Waals surface area contributed by atoms with Crippen LogP contribution in [0.3, 0.4) is 0 Å². The summed E-state index contributed by atoms with van der Waals surface area (Å²) in [5.74, 6) is -3.27.